The van der Waals surface area contributed by atoms with Gasteiger partial charge in [-0.05, 0) is 36.2 Å². The standard InChI is InChI=1S/C16H20N2O2/c1-12-14(11-19)7-8-16(17-12)18(2)10-13-5-4-6-15(9-13)20-3/h4-9,19H,10-11H2,1-3H3. The smallest absolute Gasteiger partial charge is 0.128 e. The van der Waals surface area contributed by atoms with E-state index in [9.17, 15) is 5.11 Å². The fourth-order valence-electron chi connectivity index (χ4n) is 2.08. The molecule has 1 heterocycles. The van der Waals surface area contributed by atoms with Crippen LogP contribution in [0.3, 0.4) is 0 Å². The third-order valence-electron chi connectivity index (χ3n) is 3.30. The number of aliphatic hydroxyl groups is 1. The summed E-state index contributed by atoms with van der Waals surface area (Å²) < 4.78 is 5.23. The number of aromatic nitrogens is 1. The summed E-state index contributed by atoms with van der Waals surface area (Å²) in [5.41, 5.74) is 2.89. The fourth-order valence-corrected chi connectivity index (χ4v) is 2.08. The predicted molar refractivity (Wildman–Crippen MR) is 80.0 cm³/mol. The number of nitrogens with zero attached hydrogens (tertiary/aromatic N) is 2. The minimum atomic E-state index is 0.0265. The van der Waals surface area contributed by atoms with E-state index in [1.54, 1.807) is 7.11 Å². The van der Waals surface area contributed by atoms with Gasteiger partial charge in [0.1, 0.15) is 11.6 Å². The normalized spacial score (nSPS) is 10.4. The van der Waals surface area contributed by atoms with Gasteiger partial charge < -0.3 is 14.7 Å². The van der Waals surface area contributed by atoms with E-state index >= 15 is 0 Å². The Morgan fingerprint density at radius 2 is 2.05 bits per heavy atom. The first-order valence-corrected chi connectivity index (χ1v) is 6.55. The summed E-state index contributed by atoms with van der Waals surface area (Å²) in [6.07, 6.45) is 0. The zero-order chi connectivity index (χ0) is 14.5. The van der Waals surface area contributed by atoms with Crippen molar-refractivity contribution in [2.75, 3.05) is 19.1 Å². The Morgan fingerprint density at radius 1 is 1.25 bits per heavy atom. The Labute approximate surface area is 119 Å². The van der Waals surface area contributed by atoms with E-state index in [1.165, 1.54) is 0 Å². The maximum atomic E-state index is 9.17. The molecular weight excluding hydrogens is 252 g/mol. The second-order valence-electron chi connectivity index (χ2n) is 4.78. The highest BCUT2D eigenvalue weighted by molar-refractivity contribution is 5.42. The van der Waals surface area contributed by atoms with Crippen molar-refractivity contribution in [3.05, 3.63) is 53.2 Å². The molecule has 0 aliphatic heterocycles. The van der Waals surface area contributed by atoms with E-state index in [0.717, 1.165) is 34.9 Å². The molecule has 0 spiro atoms. The van der Waals surface area contributed by atoms with Crippen LogP contribution in [-0.4, -0.2) is 24.2 Å². The largest absolute Gasteiger partial charge is 0.497 e. The van der Waals surface area contributed by atoms with Gasteiger partial charge >= 0.3 is 0 Å². The summed E-state index contributed by atoms with van der Waals surface area (Å²) >= 11 is 0. The lowest BCUT2D eigenvalue weighted by Gasteiger charge is -2.19. The lowest BCUT2D eigenvalue weighted by atomic mass is 10.2. The summed E-state index contributed by atoms with van der Waals surface area (Å²) in [5, 5.41) is 9.17. The molecule has 1 aromatic carbocycles. The monoisotopic (exact) mass is 272 g/mol. The average molecular weight is 272 g/mol. The number of benzene rings is 1. The fraction of sp³-hybridized carbons (Fsp3) is 0.312. The van der Waals surface area contributed by atoms with Crippen molar-refractivity contribution < 1.29 is 9.84 Å². The third-order valence-corrected chi connectivity index (χ3v) is 3.30. The minimum absolute atomic E-state index is 0.0265. The summed E-state index contributed by atoms with van der Waals surface area (Å²) in [4.78, 5) is 6.59. The summed E-state index contributed by atoms with van der Waals surface area (Å²) in [6, 6.07) is 11.8. The van der Waals surface area contributed by atoms with Crippen molar-refractivity contribution in [3.8, 4) is 5.75 Å². The van der Waals surface area contributed by atoms with Crippen LogP contribution in [0.1, 0.15) is 16.8 Å². The van der Waals surface area contributed by atoms with Gasteiger partial charge in [0.15, 0.2) is 0 Å². The van der Waals surface area contributed by atoms with Crippen LogP contribution >= 0.6 is 0 Å². The summed E-state index contributed by atoms with van der Waals surface area (Å²) in [7, 11) is 3.67. The van der Waals surface area contributed by atoms with Crippen LogP contribution in [0.4, 0.5) is 5.82 Å². The Balaban J connectivity index is 2.14. The number of hydrogen-bond acceptors (Lipinski definition) is 4. The molecule has 0 aliphatic carbocycles. The average Bonchev–Trinajstić information content (AvgIpc) is 2.47. The maximum Gasteiger partial charge on any atom is 0.128 e. The molecule has 4 heteroatoms. The molecule has 0 unspecified atom stereocenters. The van der Waals surface area contributed by atoms with Gasteiger partial charge in [-0.2, -0.15) is 0 Å². The highest BCUT2D eigenvalue weighted by Crippen LogP contribution is 2.18. The molecule has 20 heavy (non-hydrogen) atoms. The van der Waals surface area contributed by atoms with Crippen LogP contribution in [0.15, 0.2) is 36.4 Å². The van der Waals surface area contributed by atoms with Crippen LogP contribution in [0.2, 0.25) is 0 Å². The molecule has 0 atom stereocenters. The Morgan fingerprint density at radius 3 is 2.70 bits per heavy atom. The molecule has 0 saturated heterocycles. The highest BCUT2D eigenvalue weighted by Gasteiger charge is 2.07. The zero-order valence-corrected chi connectivity index (χ0v) is 12.1. The Bertz CT molecular complexity index is 584. The number of methoxy groups -OCH3 is 1. The van der Waals surface area contributed by atoms with Gasteiger partial charge in [0, 0.05) is 19.3 Å². The highest BCUT2D eigenvalue weighted by atomic mass is 16.5. The molecule has 1 aromatic heterocycles. The summed E-state index contributed by atoms with van der Waals surface area (Å²) in [6.45, 7) is 2.69. The zero-order valence-electron chi connectivity index (χ0n) is 12.1. The lowest BCUT2D eigenvalue weighted by Crippen LogP contribution is -2.18. The SMILES string of the molecule is COc1cccc(CN(C)c2ccc(CO)c(C)n2)c1. The number of pyridine rings is 1. The van der Waals surface area contributed by atoms with Crippen LogP contribution in [-0.2, 0) is 13.2 Å². The number of anilines is 1. The van der Waals surface area contributed by atoms with Crippen LogP contribution in [0.25, 0.3) is 0 Å². The van der Waals surface area contributed by atoms with Gasteiger partial charge in [-0.1, -0.05) is 18.2 Å². The third kappa shape index (κ3) is 3.27. The van der Waals surface area contributed by atoms with Crippen molar-refractivity contribution in [1.82, 2.24) is 4.98 Å². The van der Waals surface area contributed by atoms with Crippen molar-refractivity contribution in [1.29, 1.82) is 0 Å². The number of ether oxygens (including phenoxy) is 1. The van der Waals surface area contributed by atoms with E-state index in [-0.39, 0.29) is 6.61 Å². The van der Waals surface area contributed by atoms with Gasteiger partial charge in [-0.3, -0.25) is 0 Å². The van der Waals surface area contributed by atoms with Gasteiger partial charge in [0.25, 0.3) is 0 Å². The summed E-state index contributed by atoms with van der Waals surface area (Å²) in [5.74, 6) is 1.75. The molecule has 2 rings (SSSR count). The van der Waals surface area contributed by atoms with E-state index in [4.69, 9.17) is 4.74 Å². The number of hydrogen-bond donors (Lipinski definition) is 1. The second kappa shape index (κ2) is 6.39. The Hall–Kier alpha value is -2.07. The van der Waals surface area contributed by atoms with Crippen LogP contribution in [0, 0.1) is 6.92 Å². The molecular formula is C16H20N2O2. The molecule has 0 bridgehead atoms. The van der Waals surface area contributed by atoms with Crippen molar-refractivity contribution >= 4 is 5.82 Å². The molecule has 0 fully saturated rings. The molecule has 0 amide bonds. The molecule has 106 valence electrons. The van der Waals surface area contributed by atoms with Crippen molar-refractivity contribution in [2.24, 2.45) is 0 Å². The molecule has 1 N–H and O–H groups in total. The predicted octanol–water partition coefficient (Wildman–Crippen LogP) is 2.53. The first kappa shape index (κ1) is 14.3. The van der Waals surface area contributed by atoms with Crippen molar-refractivity contribution in [2.45, 2.75) is 20.1 Å². The van der Waals surface area contributed by atoms with E-state index in [2.05, 4.69) is 16.0 Å². The topological polar surface area (TPSA) is 45.6 Å². The van der Waals surface area contributed by atoms with Crippen molar-refractivity contribution in [3.63, 3.8) is 0 Å². The number of aliphatic hydroxyl groups excluding tert-OH is 1. The Kier molecular flexibility index (Phi) is 4.58. The molecule has 4 nitrogen and oxygen atoms in total. The lowest BCUT2D eigenvalue weighted by molar-refractivity contribution is 0.280. The maximum absolute atomic E-state index is 9.17. The van der Waals surface area contributed by atoms with E-state index in [0.29, 0.717) is 0 Å². The van der Waals surface area contributed by atoms with Gasteiger partial charge in [-0.15, -0.1) is 0 Å². The quantitative estimate of drug-likeness (QED) is 0.908. The molecule has 0 aliphatic rings. The van der Waals surface area contributed by atoms with Crippen LogP contribution < -0.4 is 9.64 Å². The second-order valence-corrected chi connectivity index (χ2v) is 4.78. The van der Waals surface area contributed by atoms with Crippen LogP contribution in [0.5, 0.6) is 5.75 Å². The van der Waals surface area contributed by atoms with E-state index < -0.39 is 0 Å². The number of aryl methyl sites for hydroxylation is 1. The van der Waals surface area contributed by atoms with Gasteiger partial charge in [-0.25, -0.2) is 4.98 Å². The molecule has 2 aromatic rings. The first-order valence-electron chi connectivity index (χ1n) is 6.55. The molecule has 0 radical (unpaired) electrons. The number of rotatable bonds is 5. The molecule has 0 saturated carbocycles. The first-order chi connectivity index (χ1) is 9.63. The van der Waals surface area contributed by atoms with E-state index in [1.807, 2.05) is 44.3 Å². The van der Waals surface area contributed by atoms with Gasteiger partial charge in [0.05, 0.1) is 13.7 Å². The van der Waals surface area contributed by atoms with Gasteiger partial charge in [0.2, 0.25) is 0 Å². The minimum Gasteiger partial charge on any atom is -0.497 e.